The van der Waals surface area contributed by atoms with Crippen molar-refractivity contribution < 1.29 is 9.53 Å². The van der Waals surface area contributed by atoms with E-state index < -0.39 is 0 Å². The van der Waals surface area contributed by atoms with E-state index >= 15 is 0 Å². The van der Waals surface area contributed by atoms with E-state index in [4.69, 9.17) is 4.74 Å². The monoisotopic (exact) mass is 263 g/mol. The van der Waals surface area contributed by atoms with E-state index in [1.807, 2.05) is 19.1 Å². The minimum atomic E-state index is 0.00124. The number of rotatable bonds is 5. The number of ether oxygens (including phenoxy) is 1. The van der Waals surface area contributed by atoms with Gasteiger partial charge in [-0.3, -0.25) is 4.79 Å². The molecule has 106 valence electrons. The Bertz CT molecular complexity index is 433. The zero-order valence-corrected chi connectivity index (χ0v) is 12.7. The molecule has 0 bridgehead atoms. The van der Waals surface area contributed by atoms with Gasteiger partial charge < -0.3 is 10.1 Å². The van der Waals surface area contributed by atoms with Crippen molar-refractivity contribution in [2.24, 2.45) is 0 Å². The van der Waals surface area contributed by atoms with E-state index in [9.17, 15) is 4.79 Å². The predicted octanol–water partition coefficient (Wildman–Crippen LogP) is 3.06. The van der Waals surface area contributed by atoms with Crippen molar-refractivity contribution in [2.75, 3.05) is 13.7 Å². The van der Waals surface area contributed by atoms with Gasteiger partial charge in [-0.25, -0.2) is 0 Å². The Morgan fingerprint density at radius 1 is 1.32 bits per heavy atom. The van der Waals surface area contributed by atoms with E-state index in [0.29, 0.717) is 6.42 Å². The third-order valence-corrected chi connectivity index (χ3v) is 3.01. The van der Waals surface area contributed by atoms with Crippen molar-refractivity contribution >= 4 is 5.91 Å². The largest absolute Gasteiger partial charge is 0.496 e. The summed E-state index contributed by atoms with van der Waals surface area (Å²) in [5.41, 5.74) is 2.16. The van der Waals surface area contributed by atoms with Crippen LogP contribution in [0.3, 0.4) is 0 Å². The summed E-state index contributed by atoms with van der Waals surface area (Å²) in [6.07, 6.45) is 1.38. The van der Waals surface area contributed by atoms with Crippen molar-refractivity contribution in [1.82, 2.24) is 5.32 Å². The van der Waals surface area contributed by atoms with Gasteiger partial charge in [0, 0.05) is 6.54 Å². The summed E-state index contributed by atoms with van der Waals surface area (Å²) in [5.74, 6) is 0.956. The Hall–Kier alpha value is -1.51. The van der Waals surface area contributed by atoms with Crippen molar-refractivity contribution in [3.63, 3.8) is 0 Å². The maximum atomic E-state index is 11.7. The summed E-state index contributed by atoms with van der Waals surface area (Å²) in [6, 6.07) is 5.98. The summed E-state index contributed by atoms with van der Waals surface area (Å²) in [5, 5.41) is 2.90. The van der Waals surface area contributed by atoms with Crippen molar-refractivity contribution in [3.8, 4) is 5.75 Å². The zero-order chi connectivity index (χ0) is 14.5. The minimum absolute atomic E-state index is 0.00124. The Kier molecular flexibility index (Phi) is 5.40. The summed E-state index contributed by atoms with van der Waals surface area (Å²) in [4.78, 5) is 11.7. The highest BCUT2D eigenvalue weighted by Gasteiger charge is 2.19. The fraction of sp³-hybridized carbons (Fsp3) is 0.562. The summed E-state index contributed by atoms with van der Waals surface area (Å²) in [7, 11) is 1.68. The molecule has 0 aliphatic carbocycles. The maximum Gasteiger partial charge on any atom is 0.224 e. The molecule has 0 radical (unpaired) electrons. The van der Waals surface area contributed by atoms with Gasteiger partial charge in [0.25, 0.3) is 0 Å². The molecule has 0 saturated carbocycles. The molecule has 3 nitrogen and oxygen atoms in total. The molecule has 0 spiro atoms. The average molecular weight is 263 g/mol. The molecular formula is C16H25NO2. The van der Waals surface area contributed by atoms with E-state index in [0.717, 1.165) is 29.8 Å². The molecule has 1 N–H and O–H groups in total. The van der Waals surface area contributed by atoms with Gasteiger partial charge >= 0.3 is 0 Å². The number of hydrogen-bond donors (Lipinski definition) is 1. The molecule has 1 rings (SSSR count). The second kappa shape index (κ2) is 6.60. The molecule has 0 saturated heterocycles. The zero-order valence-electron chi connectivity index (χ0n) is 12.7. The van der Waals surface area contributed by atoms with Crippen LogP contribution in [0.1, 0.15) is 45.2 Å². The molecule has 0 unspecified atom stereocenters. The van der Waals surface area contributed by atoms with Gasteiger partial charge in [0.15, 0.2) is 0 Å². The lowest BCUT2D eigenvalue weighted by Gasteiger charge is -2.23. The molecule has 0 heterocycles. The smallest absolute Gasteiger partial charge is 0.224 e. The first-order chi connectivity index (χ1) is 8.88. The fourth-order valence-electron chi connectivity index (χ4n) is 1.96. The maximum absolute atomic E-state index is 11.7. The Morgan fingerprint density at radius 2 is 2.00 bits per heavy atom. The number of benzene rings is 1. The topological polar surface area (TPSA) is 38.3 Å². The Morgan fingerprint density at radius 3 is 2.53 bits per heavy atom. The molecule has 0 aliphatic heterocycles. The van der Waals surface area contributed by atoms with Crippen LogP contribution in [0.4, 0.5) is 0 Å². The van der Waals surface area contributed by atoms with Gasteiger partial charge in [0.05, 0.1) is 13.5 Å². The van der Waals surface area contributed by atoms with Crippen LogP contribution in [0.2, 0.25) is 0 Å². The van der Waals surface area contributed by atoms with E-state index in [2.05, 4.69) is 32.2 Å². The average Bonchev–Trinajstić information content (AvgIpc) is 2.35. The van der Waals surface area contributed by atoms with Crippen molar-refractivity contribution in [2.45, 2.75) is 46.0 Å². The van der Waals surface area contributed by atoms with Crippen LogP contribution in [-0.4, -0.2) is 19.6 Å². The molecular weight excluding hydrogens is 238 g/mol. The molecule has 19 heavy (non-hydrogen) atoms. The van der Waals surface area contributed by atoms with Crippen LogP contribution in [0.25, 0.3) is 0 Å². The van der Waals surface area contributed by atoms with Gasteiger partial charge in [-0.15, -0.1) is 0 Å². The standard InChI is InChI=1S/C16H25NO2/c1-6-9-17-15(18)11-12-7-8-14(19-5)13(10-12)16(2,3)4/h7-8,10H,6,9,11H2,1-5H3,(H,17,18). The van der Waals surface area contributed by atoms with E-state index in [1.165, 1.54) is 0 Å². The molecule has 0 atom stereocenters. The highest BCUT2D eigenvalue weighted by Crippen LogP contribution is 2.32. The molecule has 0 aliphatic rings. The number of amides is 1. The van der Waals surface area contributed by atoms with Crippen molar-refractivity contribution in [3.05, 3.63) is 29.3 Å². The van der Waals surface area contributed by atoms with Crippen LogP contribution >= 0.6 is 0 Å². The van der Waals surface area contributed by atoms with Crippen LogP contribution in [-0.2, 0) is 16.6 Å². The van der Waals surface area contributed by atoms with Gasteiger partial charge in [-0.05, 0) is 29.0 Å². The first kappa shape index (κ1) is 15.5. The van der Waals surface area contributed by atoms with Crippen molar-refractivity contribution in [1.29, 1.82) is 0 Å². The summed E-state index contributed by atoms with van der Waals surface area (Å²) < 4.78 is 5.40. The number of hydrogen-bond acceptors (Lipinski definition) is 2. The summed E-state index contributed by atoms with van der Waals surface area (Å²) >= 11 is 0. The van der Waals surface area contributed by atoms with Gasteiger partial charge in [-0.2, -0.15) is 0 Å². The first-order valence-corrected chi connectivity index (χ1v) is 6.82. The lowest BCUT2D eigenvalue weighted by atomic mass is 9.85. The van der Waals surface area contributed by atoms with Crippen LogP contribution in [0.5, 0.6) is 5.75 Å². The first-order valence-electron chi connectivity index (χ1n) is 6.82. The lowest BCUT2D eigenvalue weighted by molar-refractivity contribution is -0.120. The predicted molar refractivity (Wildman–Crippen MR) is 78.7 cm³/mol. The normalized spacial score (nSPS) is 11.2. The van der Waals surface area contributed by atoms with Gasteiger partial charge in [0.1, 0.15) is 5.75 Å². The number of carbonyl (C=O) groups is 1. The lowest BCUT2D eigenvalue weighted by Crippen LogP contribution is -2.25. The molecule has 0 fully saturated rings. The number of carbonyl (C=O) groups excluding carboxylic acids is 1. The SMILES string of the molecule is CCCNC(=O)Cc1ccc(OC)c(C(C)(C)C)c1. The van der Waals surface area contributed by atoms with Gasteiger partial charge in [0.2, 0.25) is 5.91 Å². The second-order valence-corrected chi connectivity index (χ2v) is 5.81. The highest BCUT2D eigenvalue weighted by atomic mass is 16.5. The van der Waals surface area contributed by atoms with Crippen LogP contribution in [0.15, 0.2) is 18.2 Å². The Labute approximate surface area is 116 Å². The molecule has 0 aromatic heterocycles. The number of nitrogens with one attached hydrogen (secondary N) is 1. The minimum Gasteiger partial charge on any atom is -0.496 e. The second-order valence-electron chi connectivity index (χ2n) is 5.81. The molecule has 1 aromatic carbocycles. The fourth-order valence-corrected chi connectivity index (χ4v) is 1.96. The highest BCUT2D eigenvalue weighted by molar-refractivity contribution is 5.78. The molecule has 1 amide bonds. The van der Waals surface area contributed by atoms with E-state index in [-0.39, 0.29) is 11.3 Å². The van der Waals surface area contributed by atoms with Gasteiger partial charge in [-0.1, -0.05) is 39.8 Å². The van der Waals surface area contributed by atoms with Crippen LogP contribution in [0, 0.1) is 0 Å². The van der Waals surface area contributed by atoms with Crippen LogP contribution < -0.4 is 10.1 Å². The quantitative estimate of drug-likeness (QED) is 0.886. The third-order valence-electron chi connectivity index (χ3n) is 3.01. The Balaban J connectivity index is 2.90. The van der Waals surface area contributed by atoms with E-state index in [1.54, 1.807) is 7.11 Å². The number of methoxy groups -OCH3 is 1. The summed E-state index contributed by atoms with van der Waals surface area (Å²) in [6.45, 7) is 9.22. The molecule has 3 heteroatoms. The third kappa shape index (κ3) is 4.58. The molecule has 1 aromatic rings.